The monoisotopic (exact) mass is 212 g/mol. The molecule has 0 radical (unpaired) electrons. The fraction of sp³-hybridized carbons (Fsp3) is 0.909. The van der Waals surface area contributed by atoms with Crippen molar-refractivity contribution in [3.8, 4) is 0 Å². The Bertz CT molecular complexity index is 293. The Hall–Kier alpha value is -0.770. The third-order valence-corrected chi connectivity index (χ3v) is 2.96. The fourth-order valence-corrected chi connectivity index (χ4v) is 2.39. The molecule has 1 rings (SSSR count). The number of aliphatic hydroxyl groups is 1. The van der Waals surface area contributed by atoms with Crippen LogP contribution in [0.25, 0.3) is 0 Å². The minimum Gasteiger partial charge on any atom is -0.368 e. The molecule has 1 N–H and O–H groups in total. The van der Waals surface area contributed by atoms with Crippen LogP contribution >= 0.6 is 0 Å². The second-order valence-corrected chi connectivity index (χ2v) is 5.88. The van der Waals surface area contributed by atoms with Gasteiger partial charge in [0.15, 0.2) is 5.72 Å². The molecule has 1 fully saturated rings. The third-order valence-electron chi connectivity index (χ3n) is 2.96. The van der Waals surface area contributed by atoms with E-state index in [1.165, 1.54) is 0 Å². The number of nitrogens with zero attached hydrogens (tertiary/aromatic N) is 2. The van der Waals surface area contributed by atoms with Crippen molar-refractivity contribution in [2.24, 2.45) is 21.1 Å². The van der Waals surface area contributed by atoms with Gasteiger partial charge in [-0.1, -0.05) is 27.7 Å². The summed E-state index contributed by atoms with van der Waals surface area (Å²) < 4.78 is 0. The zero-order chi connectivity index (χ0) is 12.1. The first-order valence-electron chi connectivity index (χ1n) is 5.19. The van der Waals surface area contributed by atoms with E-state index in [4.69, 9.17) is 0 Å². The number of ketones is 1. The average molecular weight is 212 g/mol. The molecule has 1 aliphatic carbocycles. The summed E-state index contributed by atoms with van der Waals surface area (Å²) in [5, 5.41) is 17.4. The molecule has 86 valence electrons. The maximum atomic E-state index is 11.8. The van der Waals surface area contributed by atoms with Crippen LogP contribution in [0.3, 0.4) is 0 Å². The number of Topliss-reactive ketones (excluding diaryl/α,β-unsaturated/α-hetero) is 1. The lowest BCUT2D eigenvalue weighted by molar-refractivity contribution is -0.156. The van der Waals surface area contributed by atoms with Gasteiger partial charge in [-0.25, -0.2) is 0 Å². The maximum Gasteiger partial charge on any atom is 0.170 e. The lowest BCUT2D eigenvalue weighted by Crippen LogP contribution is -2.63. The molecule has 0 amide bonds. The summed E-state index contributed by atoms with van der Waals surface area (Å²) in [6.45, 7) is 10.6. The van der Waals surface area contributed by atoms with Crippen LogP contribution in [0.15, 0.2) is 10.2 Å². The van der Waals surface area contributed by atoms with E-state index >= 15 is 0 Å². The lowest BCUT2D eigenvalue weighted by atomic mass is 9.51. The molecule has 1 saturated carbocycles. The van der Waals surface area contributed by atoms with Gasteiger partial charge in [0, 0.05) is 10.8 Å². The molecule has 0 atom stereocenters. The van der Waals surface area contributed by atoms with Crippen molar-refractivity contribution >= 4 is 5.78 Å². The van der Waals surface area contributed by atoms with Crippen molar-refractivity contribution in [1.82, 2.24) is 0 Å². The summed E-state index contributed by atoms with van der Waals surface area (Å²) >= 11 is 0. The van der Waals surface area contributed by atoms with Crippen LogP contribution in [0.1, 0.15) is 41.5 Å². The van der Waals surface area contributed by atoms with Crippen LogP contribution in [0.5, 0.6) is 0 Å². The van der Waals surface area contributed by atoms with Crippen LogP contribution in [0.4, 0.5) is 0 Å². The molecule has 0 saturated heterocycles. The molecule has 0 heterocycles. The third kappa shape index (κ3) is 1.95. The first-order chi connectivity index (χ1) is 6.49. The van der Waals surface area contributed by atoms with Gasteiger partial charge >= 0.3 is 0 Å². The summed E-state index contributed by atoms with van der Waals surface area (Å²) in [4.78, 5) is 11.8. The van der Waals surface area contributed by atoms with Crippen LogP contribution in [0, 0.1) is 10.8 Å². The quantitative estimate of drug-likeness (QED) is 0.713. The Labute approximate surface area is 90.8 Å². The highest BCUT2D eigenvalue weighted by molar-refractivity contribution is 5.97. The molecular formula is C11H20N2O2. The molecule has 0 aromatic heterocycles. The predicted molar refractivity (Wildman–Crippen MR) is 57.5 cm³/mol. The zero-order valence-corrected chi connectivity index (χ0v) is 10.3. The number of carbonyl (C=O) groups excluding carboxylic acids is 1. The van der Waals surface area contributed by atoms with Crippen LogP contribution in [-0.2, 0) is 4.79 Å². The second kappa shape index (κ2) is 3.11. The Morgan fingerprint density at radius 1 is 1.20 bits per heavy atom. The number of rotatable bonds is 2. The average Bonchev–Trinajstić information content (AvgIpc) is 1.99. The van der Waals surface area contributed by atoms with Crippen LogP contribution < -0.4 is 0 Å². The Balaban J connectivity index is 2.88. The molecule has 4 heteroatoms. The first-order valence-corrected chi connectivity index (χ1v) is 5.19. The lowest BCUT2D eigenvalue weighted by Gasteiger charge is -2.52. The van der Waals surface area contributed by atoms with Gasteiger partial charge < -0.3 is 5.11 Å². The Morgan fingerprint density at radius 2 is 1.60 bits per heavy atom. The van der Waals surface area contributed by atoms with Gasteiger partial charge in [-0.2, -0.15) is 10.2 Å². The van der Waals surface area contributed by atoms with Crippen molar-refractivity contribution < 1.29 is 9.90 Å². The highest BCUT2D eigenvalue weighted by Gasteiger charge is 2.62. The molecule has 0 unspecified atom stereocenters. The highest BCUT2D eigenvalue weighted by Crippen LogP contribution is 2.52. The van der Waals surface area contributed by atoms with Gasteiger partial charge in [0.1, 0.15) is 5.78 Å². The van der Waals surface area contributed by atoms with Crippen LogP contribution in [0.2, 0.25) is 0 Å². The normalized spacial score (nSPS) is 25.7. The van der Waals surface area contributed by atoms with Gasteiger partial charge in [0.05, 0.1) is 6.04 Å². The summed E-state index contributed by atoms with van der Waals surface area (Å²) in [6.07, 6.45) is 0. The summed E-state index contributed by atoms with van der Waals surface area (Å²) in [5.41, 5.74) is -2.08. The molecule has 0 aromatic carbocycles. The van der Waals surface area contributed by atoms with Crippen LogP contribution in [-0.4, -0.2) is 22.7 Å². The van der Waals surface area contributed by atoms with Crippen molar-refractivity contribution in [1.29, 1.82) is 0 Å². The second-order valence-electron chi connectivity index (χ2n) is 5.88. The summed E-state index contributed by atoms with van der Waals surface area (Å²) in [6, 6.07) is -0.149. The van der Waals surface area contributed by atoms with E-state index in [1.54, 1.807) is 13.8 Å². The minimum absolute atomic E-state index is 0.149. The molecule has 0 bridgehead atoms. The van der Waals surface area contributed by atoms with Gasteiger partial charge in [-0.15, -0.1) is 0 Å². The standard InChI is InChI=1S/C11H20N2O2/c1-9(2)7(10(3,4)8(9)14)12-13-11(5,6)15/h7,15H,1-6H3. The van der Waals surface area contributed by atoms with E-state index in [0.29, 0.717) is 0 Å². The topological polar surface area (TPSA) is 62.0 Å². The molecule has 0 spiro atoms. The molecule has 0 aliphatic heterocycles. The first kappa shape index (κ1) is 12.3. The zero-order valence-electron chi connectivity index (χ0n) is 10.3. The van der Waals surface area contributed by atoms with Gasteiger partial charge in [0.25, 0.3) is 0 Å². The van der Waals surface area contributed by atoms with Crippen molar-refractivity contribution in [3.05, 3.63) is 0 Å². The smallest absolute Gasteiger partial charge is 0.170 e. The summed E-state index contributed by atoms with van der Waals surface area (Å²) in [5.74, 6) is 0.203. The molecule has 4 nitrogen and oxygen atoms in total. The molecule has 0 aromatic rings. The molecule has 1 aliphatic rings. The van der Waals surface area contributed by atoms with Gasteiger partial charge in [0.2, 0.25) is 0 Å². The van der Waals surface area contributed by atoms with Crippen molar-refractivity contribution in [3.63, 3.8) is 0 Å². The van der Waals surface area contributed by atoms with E-state index in [-0.39, 0.29) is 11.8 Å². The largest absolute Gasteiger partial charge is 0.368 e. The fourth-order valence-electron chi connectivity index (χ4n) is 2.39. The molecular weight excluding hydrogens is 192 g/mol. The number of azo groups is 1. The highest BCUT2D eigenvalue weighted by atomic mass is 16.3. The molecule has 15 heavy (non-hydrogen) atoms. The van der Waals surface area contributed by atoms with Crippen molar-refractivity contribution in [2.45, 2.75) is 53.3 Å². The van der Waals surface area contributed by atoms with E-state index in [1.807, 2.05) is 27.7 Å². The van der Waals surface area contributed by atoms with E-state index < -0.39 is 16.6 Å². The minimum atomic E-state index is -1.16. The maximum absolute atomic E-state index is 11.8. The predicted octanol–water partition coefficient (Wildman–Crippen LogP) is 2.17. The summed E-state index contributed by atoms with van der Waals surface area (Å²) in [7, 11) is 0. The van der Waals surface area contributed by atoms with Gasteiger partial charge in [-0.05, 0) is 13.8 Å². The SMILES string of the molecule is CC(C)(O)N=NC1C(C)(C)C(=O)C1(C)C. The number of hydrogen-bond acceptors (Lipinski definition) is 4. The Morgan fingerprint density at radius 3 is 1.93 bits per heavy atom. The Kier molecular flexibility index (Phi) is 2.55. The van der Waals surface area contributed by atoms with Crippen molar-refractivity contribution in [2.75, 3.05) is 0 Å². The van der Waals surface area contributed by atoms with E-state index in [0.717, 1.165) is 0 Å². The van der Waals surface area contributed by atoms with Gasteiger partial charge in [-0.3, -0.25) is 4.79 Å². The van der Waals surface area contributed by atoms with E-state index in [9.17, 15) is 9.90 Å². The number of hydrogen-bond donors (Lipinski definition) is 1. The number of carbonyl (C=O) groups is 1. The van der Waals surface area contributed by atoms with E-state index in [2.05, 4.69) is 10.2 Å².